The predicted octanol–water partition coefficient (Wildman–Crippen LogP) is 3.29. The molecule has 5 nitrogen and oxygen atoms in total. The molecule has 1 fully saturated rings. The van der Waals surface area contributed by atoms with E-state index >= 15 is 0 Å². The predicted molar refractivity (Wildman–Crippen MR) is 89.8 cm³/mol. The fraction of sp³-hybridized carbons (Fsp3) is 0.375. The van der Waals surface area contributed by atoms with E-state index in [1.807, 2.05) is 36.9 Å². The molecule has 0 aliphatic heterocycles. The van der Waals surface area contributed by atoms with Crippen LogP contribution in [0.2, 0.25) is 0 Å². The zero-order valence-corrected chi connectivity index (χ0v) is 13.5. The number of hydrogen-bond donors (Lipinski definition) is 1. The van der Waals surface area contributed by atoms with Crippen LogP contribution < -0.4 is 14.8 Å². The van der Waals surface area contributed by atoms with Gasteiger partial charge in [-0.15, -0.1) is 0 Å². The molecule has 0 amide bonds. The first-order chi connectivity index (χ1) is 10.7. The number of imidazole rings is 1. The van der Waals surface area contributed by atoms with Crippen LogP contribution in [0, 0.1) is 5.92 Å². The third-order valence-corrected chi connectivity index (χ3v) is 4.52. The highest BCUT2D eigenvalue weighted by Crippen LogP contribution is 2.39. The first-order valence-corrected chi connectivity index (χ1v) is 7.62. The average molecular weight is 317 g/mol. The molecule has 1 aromatic heterocycles. The van der Waals surface area contributed by atoms with Crippen molar-refractivity contribution in [2.24, 2.45) is 5.92 Å². The van der Waals surface area contributed by atoms with Crippen molar-refractivity contribution in [2.45, 2.75) is 18.9 Å². The van der Waals surface area contributed by atoms with Gasteiger partial charge in [-0.25, -0.2) is 4.98 Å². The van der Waals surface area contributed by atoms with E-state index in [0.717, 1.165) is 23.5 Å². The van der Waals surface area contributed by atoms with E-state index in [1.54, 1.807) is 14.2 Å². The first kappa shape index (κ1) is 14.8. The molecule has 1 N–H and O–H groups in total. The Hall–Kier alpha value is -2.08. The molecule has 1 aromatic carbocycles. The zero-order valence-electron chi connectivity index (χ0n) is 12.7. The molecule has 22 heavy (non-hydrogen) atoms. The summed E-state index contributed by atoms with van der Waals surface area (Å²) in [5, 5.41) is 3.31. The van der Waals surface area contributed by atoms with Gasteiger partial charge in [0.1, 0.15) is 0 Å². The van der Waals surface area contributed by atoms with Crippen molar-refractivity contribution in [3.63, 3.8) is 0 Å². The maximum absolute atomic E-state index is 5.52. The van der Waals surface area contributed by atoms with Crippen LogP contribution in [0.3, 0.4) is 0 Å². The van der Waals surface area contributed by atoms with Crippen molar-refractivity contribution in [1.82, 2.24) is 9.55 Å². The Balaban J connectivity index is 1.59. The second-order valence-corrected chi connectivity index (χ2v) is 5.83. The Morgan fingerprint density at radius 1 is 1.27 bits per heavy atom. The van der Waals surface area contributed by atoms with E-state index in [4.69, 9.17) is 21.7 Å². The normalized spacial score (nSPS) is 20.1. The molecule has 1 aliphatic rings. The molecule has 0 unspecified atom stereocenters. The highest BCUT2D eigenvalue weighted by Gasteiger charge is 2.33. The van der Waals surface area contributed by atoms with Gasteiger partial charge >= 0.3 is 0 Å². The lowest BCUT2D eigenvalue weighted by atomic mass is 9.80. The van der Waals surface area contributed by atoms with E-state index in [0.29, 0.717) is 23.5 Å². The van der Waals surface area contributed by atoms with E-state index in [-0.39, 0.29) is 0 Å². The fourth-order valence-corrected chi connectivity index (χ4v) is 3.00. The van der Waals surface area contributed by atoms with E-state index in [1.165, 1.54) is 0 Å². The van der Waals surface area contributed by atoms with E-state index in [2.05, 4.69) is 14.9 Å². The van der Waals surface area contributed by atoms with Crippen LogP contribution in [-0.2, 0) is 0 Å². The summed E-state index contributed by atoms with van der Waals surface area (Å²) >= 11 is 5.52. The van der Waals surface area contributed by atoms with Crippen molar-refractivity contribution in [1.29, 1.82) is 0 Å². The summed E-state index contributed by atoms with van der Waals surface area (Å²) in [6.07, 6.45) is 7.79. The van der Waals surface area contributed by atoms with Crippen molar-refractivity contribution < 1.29 is 9.47 Å². The van der Waals surface area contributed by atoms with E-state index in [9.17, 15) is 0 Å². The number of nitrogens with one attached hydrogen (secondary N) is 1. The quantitative estimate of drug-likeness (QED) is 0.858. The number of methoxy groups -OCH3 is 2. The van der Waals surface area contributed by atoms with Crippen LogP contribution in [0.4, 0.5) is 5.69 Å². The lowest BCUT2D eigenvalue weighted by molar-refractivity contribution is 0.260. The van der Waals surface area contributed by atoms with Gasteiger partial charge in [0, 0.05) is 36.1 Å². The molecule has 0 atom stereocenters. The van der Waals surface area contributed by atoms with Crippen LogP contribution in [-0.4, -0.2) is 28.8 Å². The van der Waals surface area contributed by atoms with Crippen molar-refractivity contribution in [2.75, 3.05) is 19.5 Å². The molecule has 0 radical (unpaired) electrons. The van der Waals surface area contributed by atoms with Gasteiger partial charge in [0.2, 0.25) is 0 Å². The number of hydrogen-bond acceptors (Lipinski definition) is 4. The largest absolute Gasteiger partial charge is 0.493 e. The Morgan fingerprint density at radius 3 is 2.68 bits per heavy atom. The summed E-state index contributed by atoms with van der Waals surface area (Å²) < 4.78 is 12.7. The van der Waals surface area contributed by atoms with Gasteiger partial charge in [-0.2, -0.15) is 0 Å². The standard InChI is InChI=1S/C16H19N3O2S/c1-20-14-4-3-12(9-15(14)21-2)18-16(22)11-7-13(8-11)19-6-5-17-10-19/h3-6,9-11,13H,7-8H2,1-2H3,(H,18,22). The monoisotopic (exact) mass is 317 g/mol. The SMILES string of the molecule is COc1ccc(NC(=S)C2CC(n3ccnc3)C2)cc1OC. The molecule has 2 aromatic rings. The van der Waals surface area contributed by atoms with Gasteiger partial charge in [0.25, 0.3) is 0 Å². The summed E-state index contributed by atoms with van der Waals surface area (Å²) in [7, 11) is 3.25. The molecule has 0 bridgehead atoms. The minimum absolute atomic E-state index is 0.412. The van der Waals surface area contributed by atoms with Gasteiger partial charge in [-0.3, -0.25) is 0 Å². The molecule has 0 saturated heterocycles. The first-order valence-electron chi connectivity index (χ1n) is 7.21. The van der Waals surface area contributed by atoms with Gasteiger partial charge in [0.05, 0.1) is 25.5 Å². The van der Waals surface area contributed by atoms with Gasteiger partial charge in [-0.05, 0) is 25.0 Å². The molecule has 1 heterocycles. The number of ether oxygens (including phenoxy) is 2. The van der Waals surface area contributed by atoms with Gasteiger partial charge < -0.3 is 19.4 Å². The number of thiocarbonyl (C=S) groups is 1. The highest BCUT2D eigenvalue weighted by molar-refractivity contribution is 7.80. The van der Waals surface area contributed by atoms with Crippen LogP contribution in [0.5, 0.6) is 11.5 Å². The van der Waals surface area contributed by atoms with Gasteiger partial charge in [0.15, 0.2) is 11.5 Å². The molecule has 116 valence electrons. The summed E-state index contributed by atoms with van der Waals surface area (Å²) in [6.45, 7) is 0. The van der Waals surface area contributed by atoms with E-state index < -0.39 is 0 Å². The third-order valence-electron chi connectivity index (χ3n) is 4.08. The lowest BCUT2D eigenvalue weighted by Crippen LogP contribution is -2.34. The highest BCUT2D eigenvalue weighted by atomic mass is 32.1. The van der Waals surface area contributed by atoms with Crippen LogP contribution in [0.1, 0.15) is 18.9 Å². The Kier molecular flexibility index (Phi) is 4.29. The summed E-state index contributed by atoms with van der Waals surface area (Å²) in [4.78, 5) is 4.97. The third kappa shape index (κ3) is 2.92. The number of nitrogens with zero attached hydrogens (tertiary/aromatic N) is 2. The zero-order chi connectivity index (χ0) is 15.5. The molecule has 1 saturated carbocycles. The Labute approximate surface area is 135 Å². The molecule has 6 heteroatoms. The second-order valence-electron chi connectivity index (χ2n) is 5.39. The molecule has 1 aliphatic carbocycles. The molecular weight excluding hydrogens is 298 g/mol. The number of benzene rings is 1. The Morgan fingerprint density at radius 2 is 2.05 bits per heavy atom. The minimum atomic E-state index is 0.412. The van der Waals surface area contributed by atoms with Crippen LogP contribution >= 0.6 is 12.2 Å². The van der Waals surface area contributed by atoms with Crippen LogP contribution in [0.15, 0.2) is 36.9 Å². The van der Waals surface area contributed by atoms with Crippen molar-refractivity contribution in [3.05, 3.63) is 36.9 Å². The fourth-order valence-electron chi connectivity index (χ4n) is 2.69. The molecule has 0 spiro atoms. The molecule has 3 rings (SSSR count). The summed E-state index contributed by atoms with van der Waals surface area (Å²) in [6, 6.07) is 6.23. The summed E-state index contributed by atoms with van der Waals surface area (Å²) in [5.74, 6) is 1.82. The maximum Gasteiger partial charge on any atom is 0.162 e. The summed E-state index contributed by atoms with van der Waals surface area (Å²) in [5.41, 5.74) is 0.925. The van der Waals surface area contributed by atoms with Crippen molar-refractivity contribution in [3.8, 4) is 11.5 Å². The second kappa shape index (κ2) is 6.36. The average Bonchev–Trinajstić information content (AvgIpc) is 2.99. The maximum atomic E-state index is 5.52. The number of anilines is 1. The Bertz CT molecular complexity index is 651. The minimum Gasteiger partial charge on any atom is -0.493 e. The topological polar surface area (TPSA) is 48.3 Å². The smallest absolute Gasteiger partial charge is 0.162 e. The lowest BCUT2D eigenvalue weighted by Gasteiger charge is -2.36. The molecular formula is C16H19N3O2S. The van der Waals surface area contributed by atoms with Crippen LogP contribution in [0.25, 0.3) is 0 Å². The number of rotatable bonds is 5. The van der Waals surface area contributed by atoms with Gasteiger partial charge in [-0.1, -0.05) is 12.2 Å². The van der Waals surface area contributed by atoms with Crippen molar-refractivity contribution >= 4 is 22.9 Å². The number of aromatic nitrogens is 2.